The fourth-order valence-corrected chi connectivity index (χ4v) is 1.79. The van der Waals surface area contributed by atoms with Crippen LogP contribution in [0.5, 0.6) is 0 Å². The summed E-state index contributed by atoms with van der Waals surface area (Å²) in [6.45, 7) is 6.73. The molecular formula is C16H25N3O2. The highest BCUT2D eigenvalue weighted by molar-refractivity contribution is 5.98. The lowest BCUT2D eigenvalue weighted by Gasteiger charge is -2.16. The van der Waals surface area contributed by atoms with Crippen molar-refractivity contribution in [2.24, 2.45) is 0 Å². The largest absolute Gasteiger partial charge is 0.350 e. The molecule has 5 heteroatoms. The molecule has 2 amide bonds. The van der Waals surface area contributed by atoms with Gasteiger partial charge in [-0.3, -0.25) is 14.6 Å². The second kappa shape index (κ2) is 8.39. The van der Waals surface area contributed by atoms with Crippen molar-refractivity contribution in [2.75, 3.05) is 13.6 Å². The molecule has 0 saturated carbocycles. The van der Waals surface area contributed by atoms with E-state index in [1.165, 1.54) is 6.20 Å². The van der Waals surface area contributed by atoms with E-state index in [1.807, 2.05) is 13.8 Å². The van der Waals surface area contributed by atoms with Crippen molar-refractivity contribution < 1.29 is 9.59 Å². The average Bonchev–Trinajstić information content (AvgIpc) is 2.51. The molecule has 5 nitrogen and oxygen atoms in total. The van der Waals surface area contributed by atoms with Crippen LogP contribution in [-0.4, -0.2) is 41.3 Å². The highest BCUT2D eigenvalue weighted by Crippen LogP contribution is 2.06. The fraction of sp³-hybridized carbons (Fsp3) is 0.562. The minimum absolute atomic E-state index is 0.108. The molecule has 0 saturated heterocycles. The van der Waals surface area contributed by atoms with Crippen LogP contribution < -0.4 is 5.32 Å². The Morgan fingerprint density at radius 3 is 2.71 bits per heavy atom. The van der Waals surface area contributed by atoms with Crippen molar-refractivity contribution in [3.63, 3.8) is 0 Å². The number of hydrogen-bond acceptors (Lipinski definition) is 3. The van der Waals surface area contributed by atoms with Gasteiger partial charge in [0.05, 0.1) is 0 Å². The molecule has 0 aliphatic rings. The van der Waals surface area contributed by atoms with E-state index in [1.54, 1.807) is 24.1 Å². The summed E-state index contributed by atoms with van der Waals surface area (Å²) < 4.78 is 0. The Kier molecular flexibility index (Phi) is 6.85. The molecule has 0 aliphatic heterocycles. The summed E-state index contributed by atoms with van der Waals surface area (Å²) in [5.41, 5.74) is 0.781. The van der Waals surface area contributed by atoms with E-state index < -0.39 is 0 Å². The number of carbonyl (C=O) groups excluding carboxylic acids is 2. The Morgan fingerprint density at radius 1 is 1.38 bits per heavy atom. The number of hydrogen-bond donors (Lipinski definition) is 1. The second-order valence-electron chi connectivity index (χ2n) is 5.29. The zero-order valence-corrected chi connectivity index (χ0v) is 13.3. The number of aromatic nitrogens is 1. The van der Waals surface area contributed by atoms with Crippen molar-refractivity contribution in [1.29, 1.82) is 0 Å². The first-order valence-corrected chi connectivity index (χ1v) is 7.51. The maximum absolute atomic E-state index is 12.2. The number of pyridine rings is 1. The number of nitrogens with zero attached hydrogens (tertiary/aromatic N) is 2. The van der Waals surface area contributed by atoms with Crippen molar-refractivity contribution in [1.82, 2.24) is 15.2 Å². The van der Waals surface area contributed by atoms with Gasteiger partial charge in [0.25, 0.3) is 11.8 Å². The van der Waals surface area contributed by atoms with Gasteiger partial charge in [-0.15, -0.1) is 0 Å². The van der Waals surface area contributed by atoms with Crippen LogP contribution >= 0.6 is 0 Å². The smallest absolute Gasteiger partial charge is 0.272 e. The third-order valence-corrected chi connectivity index (χ3v) is 3.42. The van der Waals surface area contributed by atoms with E-state index in [4.69, 9.17) is 0 Å². The molecule has 1 atom stereocenters. The van der Waals surface area contributed by atoms with Crippen LogP contribution in [0.1, 0.15) is 60.9 Å². The summed E-state index contributed by atoms with van der Waals surface area (Å²) in [6, 6.07) is 3.29. The van der Waals surface area contributed by atoms with Crippen molar-refractivity contribution in [3.05, 3.63) is 29.6 Å². The zero-order chi connectivity index (χ0) is 15.8. The first-order chi connectivity index (χ1) is 9.99. The quantitative estimate of drug-likeness (QED) is 0.839. The number of nitrogens with one attached hydrogen (secondary N) is 1. The fourth-order valence-electron chi connectivity index (χ4n) is 1.79. The van der Waals surface area contributed by atoms with Crippen LogP contribution in [0, 0.1) is 0 Å². The van der Waals surface area contributed by atoms with Crippen molar-refractivity contribution >= 4 is 11.8 Å². The van der Waals surface area contributed by atoms with E-state index in [-0.39, 0.29) is 17.9 Å². The Hall–Kier alpha value is -1.91. The SMILES string of the molecule is CCCCN(C)C(=O)c1cc(C(=O)NC(C)CC)ccn1. The zero-order valence-electron chi connectivity index (χ0n) is 13.3. The lowest BCUT2D eigenvalue weighted by Crippen LogP contribution is -2.32. The highest BCUT2D eigenvalue weighted by atomic mass is 16.2. The molecule has 1 aromatic heterocycles. The molecule has 21 heavy (non-hydrogen) atoms. The van der Waals surface area contributed by atoms with Gasteiger partial charge in [-0.2, -0.15) is 0 Å². The third-order valence-electron chi connectivity index (χ3n) is 3.42. The molecule has 1 unspecified atom stereocenters. The van der Waals surface area contributed by atoms with Crippen LogP contribution in [-0.2, 0) is 0 Å². The van der Waals surface area contributed by atoms with Gasteiger partial charge in [0.15, 0.2) is 0 Å². The summed E-state index contributed by atoms with van der Waals surface area (Å²) >= 11 is 0. The van der Waals surface area contributed by atoms with Gasteiger partial charge >= 0.3 is 0 Å². The number of rotatable bonds is 7. The average molecular weight is 291 g/mol. The molecule has 0 fully saturated rings. The summed E-state index contributed by atoms with van der Waals surface area (Å²) in [5.74, 6) is -0.321. The number of amides is 2. The first-order valence-electron chi connectivity index (χ1n) is 7.51. The van der Waals surface area contributed by atoms with Gasteiger partial charge in [-0.25, -0.2) is 0 Å². The minimum Gasteiger partial charge on any atom is -0.350 e. The van der Waals surface area contributed by atoms with E-state index in [0.717, 1.165) is 19.3 Å². The second-order valence-corrected chi connectivity index (χ2v) is 5.29. The number of carbonyl (C=O) groups is 2. The normalized spacial score (nSPS) is 11.8. The molecule has 116 valence electrons. The van der Waals surface area contributed by atoms with Crippen LogP contribution in [0.4, 0.5) is 0 Å². The van der Waals surface area contributed by atoms with E-state index in [2.05, 4.69) is 17.2 Å². The predicted octanol–water partition coefficient (Wildman–Crippen LogP) is 2.48. The van der Waals surface area contributed by atoms with E-state index >= 15 is 0 Å². The van der Waals surface area contributed by atoms with Crippen LogP contribution in [0.2, 0.25) is 0 Å². The molecular weight excluding hydrogens is 266 g/mol. The number of unbranched alkanes of at least 4 members (excludes halogenated alkanes) is 1. The highest BCUT2D eigenvalue weighted by Gasteiger charge is 2.15. The van der Waals surface area contributed by atoms with E-state index in [0.29, 0.717) is 17.8 Å². The first kappa shape index (κ1) is 17.1. The maximum atomic E-state index is 12.2. The molecule has 0 radical (unpaired) electrons. The Balaban J connectivity index is 2.80. The monoisotopic (exact) mass is 291 g/mol. The molecule has 1 heterocycles. The van der Waals surface area contributed by atoms with Crippen molar-refractivity contribution in [3.8, 4) is 0 Å². The predicted molar refractivity (Wildman–Crippen MR) is 83.3 cm³/mol. The van der Waals surface area contributed by atoms with Gasteiger partial charge < -0.3 is 10.2 Å². The third kappa shape index (κ3) is 5.17. The molecule has 1 aromatic rings. The summed E-state index contributed by atoms with van der Waals surface area (Å²) in [7, 11) is 1.76. The Bertz CT molecular complexity index is 488. The Morgan fingerprint density at radius 2 is 2.10 bits per heavy atom. The molecule has 0 spiro atoms. The topological polar surface area (TPSA) is 62.3 Å². The Labute approximate surface area is 126 Å². The van der Waals surface area contributed by atoms with E-state index in [9.17, 15) is 9.59 Å². The minimum atomic E-state index is -0.169. The summed E-state index contributed by atoms with van der Waals surface area (Å²) in [5, 5.41) is 2.88. The summed E-state index contributed by atoms with van der Waals surface area (Å²) in [4.78, 5) is 30.0. The van der Waals surface area contributed by atoms with Crippen LogP contribution in [0.3, 0.4) is 0 Å². The summed E-state index contributed by atoms with van der Waals surface area (Å²) in [6.07, 6.45) is 4.35. The maximum Gasteiger partial charge on any atom is 0.272 e. The van der Waals surface area contributed by atoms with Gasteiger partial charge in [-0.05, 0) is 31.9 Å². The molecule has 1 N–H and O–H groups in total. The van der Waals surface area contributed by atoms with Gasteiger partial charge in [-0.1, -0.05) is 20.3 Å². The lowest BCUT2D eigenvalue weighted by atomic mass is 10.1. The lowest BCUT2D eigenvalue weighted by molar-refractivity contribution is 0.0787. The molecule has 0 aromatic carbocycles. The standard InChI is InChI=1S/C16H25N3O2/c1-5-7-10-19(4)16(21)14-11-13(8-9-17-14)15(20)18-12(3)6-2/h8-9,11-12H,5-7,10H2,1-4H3,(H,18,20). The van der Waals surface area contributed by atoms with Gasteiger partial charge in [0.1, 0.15) is 5.69 Å². The molecule has 1 rings (SSSR count). The van der Waals surface area contributed by atoms with Crippen LogP contribution in [0.25, 0.3) is 0 Å². The van der Waals surface area contributed by atoms with Crippen molar-refractivity contribution in [2.45, 2.75) is 46.1 Å². The molecule has 0 bridgehead atoms. The van der Waals surface area contributed by atoms with Gasteiger partial charge in [0.2, 0.25) is 0 Å². The van der Waals surface area contributed by atoms with Crippen LogP contribution in [0.15, 0.2) is 18.3 Å². The molecule has 0 aliphatic carbocycles. The van der Waals surface area contributed by atoms with Gasteiger partial charge in [0, 0.05) is 31.4 Å².